The fraction of sp³-hybridized carbons (Fsp3) is 0.636. The molecule has 1 heterocycles. The van der Waals surface area contributed by atoms with Crippen molar-refractivity contribution in [3.05, 3.63) is 20.8 Å². The second-order valence-electron chi connectivity index (χ2n) is 3.91. The Labute approximate surface area is 109 Å². The Kier molecular flexibility index (Phi) is 6.20. The molecule has 0 aliphatic heterocycles. The second kappa shape index (κ2) is 6.89. The maximum atomic E-state index is 5.78. The van der Waals surface area contributed by atoms with Crippen LogP contribution in [0.5, 0.6) is 0 Å². The third kappa shape index (κ3) is 4.85. The Morgan fingerprint density at radius 3 is 2.67 bits per heavy atom. The van der Waals surface area contributed by atoms with Crippen molar-refractivity contribution in [1.82, 2.24) is 5.32 Å². The number of hydrogen-bond acceptors (Lipinski definition) is 2. The van der Waals surface area contributed by atoms with Gasteiger partial charge in [0, 0.05) is 23.3 Å². The normalized spacial score (nSPS) is 13.4. The molecule has 0 amide bonds. The highest BCUT2D eigenvalue weighted by atomic mass is 79.9. The van der Waals surface area contributed by atoms with Crippen LogP contribution in [0, 0.1) is 5.92 Å². The van der Waals surface area contributed by atoms with Gasteiger partial charge in [-0.25, -0.2) is 0 Å². The van der Waals surface area contributed by atoms with Crippen molar-refractivity contribution in [2.45, 2.75) is 32.9 Å². The number of nitrogens with one attached hydrogen (secondary N) is 1. The quantitative estimate of drug-likeness (QED) is 0.774. The molecule has 4 heteroatoms. The minimum atomic E-state index is 0.517. The standard InChI is InChI=1S/C11H17BrClNS/c1-8(2)10(5-6-13)14-7-9-3-4-11(12)15-9/h3-4,8,10,14H,5-7H2,1-2H3. The van der Waals surface area contributed by atoms with Crippen LogP contribution in [0.25, 0.3) is 0 Å². The summed E-state index contributed by atoms with van der Waals surface area (Å²) in [6.07, 6.45) is 1.03. The molecule has 0 aromatic carbocycles. The van der Waals surface area contributed by atoms with Crippen LogP contribution in [-0.4, -0.2) is 11.9 Å². The first-order valence-corrected chi connectivity index (χ1v) is 7.31. The van der Waals surface area contributed by atoms with Crippen LogP contribution in [0.4, 0.5) is 0 Å². The van der Waals surface area contributed by atoms with E-state index in [2.05, 4.69) is 47.2 Å². The third-order valence-corrected chi connectivity index (χ3v) is 4.23. The molecule has 0 bridgehead atoms. The summed E-state index contributed by atoms with van der Waals surface area (Å²) in [5.74, 6) is 1.36. The maximum absolute atomic E-state index is 5.78. The first-order chi connectivity index (χ1) is 7.13. The van der Waals surface area contributed by atoms with Crippen molar-refractivity contribution in [3.8, 4) is 0 Å². The van der Waals surface area contributed by atoms with Crippen molar-refractivity contribution in [1.29, 1.82) is 0 Å². The van der Waals surface area contributed by atoms with Crippen LogP contribution in [0.3, 0.4) is 0 Å². The van der Waals surface area contributed by atoms with Crippen molar-refractivity contribution in [3.63, 3.8) is 0 Å². The zero-order chi connectivity index (χ0) is 11.3. The molecule has 15 heavy (non-hydrogen) atoms. The number of thiophene rings is 1. The van der Waals surface area contributed by atoms with E-state index in [1.54, 1.807) is 11.3 Å². The minimum absolute atomic E-state index is 0.517. The molecule has 0 aliphatic carbocycles. The van der Waals surface area contributed by atoms with Crippen LogP contribution in [0.2, 0.25) is 0 Å². The van der Waals surface area contributed by atoms with Gasteiger partial charge in [0.05, 0.1) is 3.79 Å². The van der Waals surface area contributed by atoms with Crippen molar-refractivity contribution < 1.29 is 0 Å². The number of rotatable bonds is 6. The van der Waals surface area contributed by atoms with Crippen LogP contribution in [0.15, 0.2) is 15.9 Å². The SMILES string of the molecule is CC(C)C(CCCl)NCc1ccc(Br)s1. The molecule has 86 valence electrons. The summed E-state index contributed by atoms with van der Waals surface area (Å²) in [5, 5.41) is 3.55. The predicted octanol–water partition coefficient (Wildman–Crippen LogP) is 4.25. The van der Waals surface area contributed by atoms with Gasteiger partial charge in [-0.05, 0) is 40.4 Å². The topological polar surface area (TPSA) is 12.0 Å². The van der Waals surface area contributed by atoms with E-state index in [0.717, 1.165) is 18.8 Å². The molecule has 0 aliphatic rings. The smallest absolute Gasteiger partial charge is 0.0701 e. The third-order valence-electron chi connectivity index (χ3n) is 2.39. The summed E-state index contributed by atoms with van der Waals surface area (Å²) in [5.41, 5.74) is 0. The highest BCUT2D eigenvalue weighted by Crippen LogP contribution is 2.22. The van der Waals surface area contributed by atoms with E-state index in [0.29, 0.717) is 12.0 Å². The molecule has 0 saturated heterocycles. The zero-order valence-electron chi connectivity index (χ0n) is 9.09. The molecule has 1 rings (SSSR count). The molecule has 0 fully saturated rings. The summed E-state index contributed by atoms with van der Waals surface area (Å²) in [6.45, 7) is 5.40. The fourth-order valence-corrected chi connectivity index (χ4v) is 3.14. The molecule has 0 spiro atoms. The van der Waals surface area contributed by atoms with Gasteiger partial charge in [0.25, 0.3) is 0 Å². The lowest BCUT2D eigenvalue weighted by Gasteiger charge is -2.21. The van der Waals surface area contributed by atoms with Crippen molar-refractivity contribution in [2.24, 2.45) is 5.92 Å². The second-order valence-corrected chi connectivity index (χ2v) is 6.84. The van der Waals surface area contributed by atoms with Gasteiger partial charge < -0.3 is 5.32 Å². The van der Waals surface area contributed by atoms with Crippen LogP contribution >= 0.6 is 38.9 Å². The van der Waals surface area contributed by atoms with Crippen LogP contribution < -0.4 is 5.32 Å². The van der Waals surface area contributed by atoms with Gasteiger partial charge in [-0.3, -0.25) is 0 Å². The first kappa shape index (κ1) is 13.5. The number of alkyl halides is 1. The maximum Gasteiger partial charge on any atom is 0.0701 e. The van der Waals surface area contributed by atoms with Crippen LogP contribution in [0.1, 0.15) is 25.1 Å². The van der Waals surface area contributed by atoms with Gasteiger partial charge in [-0.2, -0.15) is 0 Å². The average molecular weight is 311 g/mol. The predicted molar refractivity (Wildman–Crippen MR) is 72.8 cm³/mol. The highest BCUT2D eigenvalue weighted by molar-refractivity contribution is 9.11. The molecule has 1 N–H and O–H groups in total. The Balaban J connectivity index is 2.39. The summed E-state index contributed by atoms with van der Waals surface area (Å²) in [7, 11) is 0. The molecular formula is C11H17BrClNS. The van der Waals surface area contributed by atoms with E-state index in [4.69, 9.17) is 11.6 Å². The van der Waals surface area contributed by atoms with Gasteiger partial charge in [0.15, 0.2) is 0 Å². The lowest BCUT2D eigenvalue weighted by molar-refractivity contribution is 0.390. The fourth-order valence-electron chi connectivity index (χ4n) is 1.47. The van der Waals surface area contributed by atoms with Gasteiger partial charge in [-0.15, -0.1) is 22.9 Å². The van der Waals surface area contributed by atoms with Crippen molar-refractivity contribution in [2.75, 3.05) is 5.88 Å². The first-order valence-electron chi connectivity index (χ1n) is 5.17. The summed E-state index contributed by atoms with van der Waals surface area (Å²) in [6, 6.07) is 4.76. The van der Waals surface area contributed by atoms with Gasteiger partial charge in [0.1, 0.15) is 0 Å². The molecule has 1 unspecified atom stereocenters. The molecular weight excluding hydrogens is 294 g/mol. The molecule has 0 saturated carbocycles. The zero-order valence-corrected chi connectivity index (χ0v) is 12.3. The number of halogens is 2. The Morgan fingerprint density at radius 1 is 1.47 bits per heavy atom. The van der Waals surface area contributed by atoms with E-state index in [9.17, 15) is 0 Å². The van der Waals surface area contributed by atoms with Crippen molar-refractivity contribution >= 4 is 38.9 Å². The lowest BCUT2D eigenvalue weighted by atomic mass is 10.0. The molecule has 1 aromatic rings. The molecule has 1 atom stereocenters. The van der Waals surface area contributed by atoms with Gasteiger partial charge in [0.2, 0.25) is 0 Å². The lowest BCUT2D eigenvalue weighted by Crippen LogP contribution is -2.33. The summed E-state index contributed by atoms with van der Waals surface area (Å²) in [4.78, 5) is 1.36. The van der Waals surface area contributed by atoms with E-state index in [-0.39, 0.29) is 0 Å². The van der Waals surface area contributed by atoms with E-state index >= 15 is 0 Å². The minimum Gasteiger partial charge on any atom is -0.309 e. The van der Waals surface area contributed by atoms with E-state index in [1.165, 1.54) is 8.66 Å². The Bertz CT molecular complexity index is 288. The number of hydrogen-bond donors (Lipinski definition) is 1. The monoisotopic (exact) mass is 309 g/mol. The molecule has 0 radical (unpaired) electrons. The van der Waals surface area contributed by atoms with Crippen LogP contribution in [-0.2, 0) is 6.54 Å². The molecule has 1 aromatic heterocycles. The largest absolute Gasteiger partial charge is 0.309 e. The van der Waals surface area contributed by atoms with E-state index < -0.39 is 0 Å². The van der Waals surface area contributed by atoms with Gasteiger partial charge >= 0.3 is 0 Å². The average Bonchev–Trinajstić information content (AvgIpc) is 2.58. The highest BCUT2D eigenvalue weighted by Gasteiger charge is 2.12. The Hall–Kier alpha value is 0.430. The Morgan fingerprint density at radius 2 is 2.20 bits per heavy atom. The van der Waals surface area contributed by atoms with Gasteiger partial charge in [-0.1, -0.05) is 13.8 Å². The summed E-state index contributed by atoms with van der Waals surface area (Å²) >= 11 is 11.0. The molecule has 1 nitrogen and oxygen atoms in total. The van der Waals surface area contributed by atoms with E-state index in [1.807, 2.05) is 0 Å². The summed E-state index contributed by atoms with van der Waals surface area (Å²) < 4.78 is 1.19.